The van der Waals surface area contributed by atoms with Gasteiger partial charge in [0.2, 0.25) is 0 Å². The van der Waals surface area contributed by atoms with Gasteiger partial charge in [-0.2, -0.15) is 0 Å². The molecule has 0 aromatic heterocycles. The summed E-state index contributed by atoms with van der Waals surface area (Å²) in [6.45, 7) is 4.24. The maximum absolute atomic E-state index is 14.0. The lowest BCUT2D eigenvalue weighted by Crippen LogP contribution is -2.28. The molecule has 1 fully saturated rings. The van der Waals surface area contributed by atoms with Crippen LogP contribution in [0.3, 0.4) is 0 Å². The van der Waals surface area contributed by atoms with Crippen molar-refractivity contribution in [1.82, 2.24) is 0 Å². The molecule has 0 saturated carbocycles. The summed E-state index contributed by atoms with van der Waals surface area (Å²) >= 11 is 1.34. The molecule has 41 heavy (non-hydrogen) atoms. The first-order chi connectivity index (χ1) is 19.9. The van der Waals surface area contributed by atoms with Crippen molar-refractivity contribution >= 4 is 51.1 Å². The van der Waals surface area contributed by atoms with Gasteiger partial charge >= 0.3 is 0 Å². The summed E-state index contributed by atoms with van der Waals surface area (Å²) in [5.74, 6) is 0.143. The lowest BCUT2D eigenvalue weighted by atomic mass is 10.0. The third-order valence-corrected chi connectivity index (χ3v) is 7.82. The highest BCUT2D eigenvalue weighted by atomic mass is 32.2. The summed E-state index contributed by atoms with van der Waals surface area (Å²) in [7, 11) is 0. The molecular formula is C35H27FN2O2S. The molecule has 0 radical (unpaired) electrons. The zero-order chi connectivity index (χ0) is 28.3. The maximum atomic E-state index is 14.0. The number of anilines is 1. The molecule has 202 valence electrons. The number of hydrogen-bond donors (Lipinski definition) is 0. The molecule has 5 aromatic rings. The average molecular weight is 559 g/mol. The number of nitrogens with zero attached hydrogens (tertiary/aromatic N) is 2. The molecule has 6 rings (SSSR count). The Morgan fingerprint density at radius 3 is 2.34 bits per heavy atom. The molecule has 4 nitrogen and oxygen atoms in total. The third-order valence-electron chi connectivity index (χ3n) is 6.85. The summed E-state index contributed by atoms with van der Waals surface area (Å²) in [5.41, 5.74) is 5.28. The number of hydrogen-bond acceptors (Lipinski definition) is 4. The van der Waals surface area contributed by atoms with E-state index < -0.39 is 0 Å². The smallest absolute Gasteiger partial charge is 0.271 e. The van der Waals surface area contributed by atoms with E-state index in [0.29, 0.717) is 15.8 Å². The number of ether oxygens (including phenoxy) is 1. The van der Waals surface area contributed by atoms with E-state index in [0.717, 1.165) is 44.4 Å². The van der Waals surface area contributed by atoms with Crippen molar-refractivity contribution in [3.8, 4) is 5.75 Å². The number of benzene rings is 5. The van der Waals surface area contributed by atoms with Crippen molar-refractivity contribution in [2.24, 2.45) is 4.99 Å². The molecule has 0 aliphatic carbocycles. The minimum Gasteiger partial charge on any atom is -0.488 e. The molecule has 1 amide bonds. The predicted octanol–water partition coefficient (Wildman–Crippen LogP) is 8.98. The van der Waals surface area contributed by atoms with Crippen LogP contribution < -0.4 is 9.64 Å². The predicted molar refractivity (Wildman–Crippen MR) is 167 cm³/mol. The van der Waals surface area contributed by atoms with Gasteiger partial charge in [0.15, 0.2) is 5.17 Å². The first-order valence-corrected chi connectivity index (χ1v) is 14.1. The van der Waals surface area contributed by atoms with Crippen LogP contribution >= 0.6 is 11.8 Å². The number of carbonyl (C=O) groups is 1. The summed E-state index contributed by atoms with van der Waals surface area (Å²) < 4.78 is 20.0. The van der Waals surface area contributed by atoms with E-state index in [4.69, 9.17) is 9.73 Å². The van der Waals surface area contributed by atoms with Crippen LogP contribution in [0.1, 0.15) is 22.3 Å². The van der Waals surface area contributed by atoms with Gasteiger partial charge < -0.3 is 4.74 Å². The van der Waals surface area contributed by atoms with Gasteiger partial charge in [0.05, 0.1) is 16.3 Å². The van der Waals surface area contributed by atoms with Gasteiger partial charge in [0.25, 0.3) is 5.91 Å². The van der Waals surface area contributed by atoms with Crippen LogP contribution in [0.15, 0.2) is 119 Å². The highest BCUT2D eigenvalue weighted by Gasteiger charge is 2.35. The van der Waals surface area contributed by atoms with Crippen LogP contribution in [0.4, 0.5) is 15.8 Å². The molecule has 1 heterocycles. The molecule has 0 bridgehead atoms. The molecule has 1 aliphatic heterocycles. The molecule has 6 heteroatoms. The van der Waals surface area contributed by atoms with Crippen molar-refractivity contribution in [2.75, 3.05) is 4.90 Å². The van der Waals surface area contributed by atoms with Crippen molar-refractivity contribution < 1.29 is 13.9 Å². The van der Waals surface area contributed by atoms with E-state index in [9.17, 15) is 9.18 Å². The van der Waals surface area contributed by atoms with Crippen LogP contribution in [0.2, 0.25) is 0 Å². The number of aliphatic imine (C=N–C) groups is 1. The molecule has 0 atom stereocenters. The van der Waals surface area contributed by atoms with E-state index in [2.05, 4.69) is 0 Å². The molecule has 5 aromatic carbocycles. The van der Waals surface area contributed by atoms with E-state index in [1.165, 1.54) is 23.9 Å². The van der Waals surface area contributed by atoms with Crippen molar-refractivity contribution in [3.63, 3.8) is 0 Å². The number of thioether (sulfide) groups is 1. The van der Waals surface area contributed by atoms with Crippen molar-refractivity contribution in [3.05, 3.63) is 142 Å². The Morgan fingerprint density at radius 2 is 1.59 bits per heavy atom. The van der Waals surface area contributed by atoms with Crippen LogP contribution in [-0.2, 0) is 11.4 Å². The van der Waals surface area contributed by atoms with E-state index >= 15 is 0 Å². The quantitative estimate of drug-likeness (QED) is 0.195. The fraction of sp³-hybridized carbons (Fsp3) is 0.0857. The number of amides is 1. The minimum absolute atomic E-state index is 0.159. The summed E-state index contributed by atoms with van der Waals surface area (Å²) in [6.07, 6.45) is 1.88. The Hall–Kier alpha value is -4.68. The number of rotatable bonds is 6. The Labute approximate surface area is 242 Å². The zero-order valence-electron chi connectivity index (χ0n) is 22.7. The topological polar surface area (TPSA) is 41.9 Å². The fourth-order valence-corrected chi connectivity index (χ4v) is 5.65. The van der Waals surface area contributed by atoms with Crippen molar-refractivity contribution in [1.29, 1.82) is 0 Å². The SMILES string of the molecule is Cc1ccc(N=C2S/C(=C\c3c(OCc4cccc(F)c4)ccc4ccccc34)C(=O)N2c2ccc(C)cc2)cc1. The summed E-state index contributed by atoms with van der Waals surface area (Å²) in [5, 5.41) is 2.56. The summed E-state index contributed by atoms with van der Waals surface area (Å²) in [4.78, 5) is 21.0. The number of carbonyl (C=O) groups excluding carboxylic acids is 1. The maximum Gasteiger partial charge on any atom is 0.271 e. The highest BCUT2D eigenvalue weighted by molar-refractivity contribution is 8.19. The molecule has 0 spiro atoms. The van der Waals surface area contributed by atoms with Gasteiger partial charge in [-0.3, -0.25) is 9.69 Å². The lowest BCUT2D eigenvalue weighted by molar-refractivity contribution is -0.113. The van der Waals surface area contributed by atoms with Gasteiger partial charge in [0.1, 0.15) is 18.2 Å². The Morgan fingerprint density at radius 1 is 0.854 bits per heavy atom. The second kappa shape index (κ2) is 11.4. The van der Waals surface area contributed by atoms with E-state index in [-0.39, 0.29) is 18.3 Å². The Kier molecular flexibility index (Phi) is 7.40. The van der Waals surface area contributed by atoms with Gasteiger partial charge in [-0.15, -0.1) is 0 Å². The first kappa shape index (κ1) is 26.5. The van der Waals surface area contributed by atoms with E-state index in [1.807, 2.05) is 111 Å². The van der Waals surface area contributed by atoms with Gasteiger partial charge in [-0.05, 0) is 90.5 Å². The van der Waals surface area contributed by atoms with Crippen LogP contribution in [-0.4, -0.2) is 11.1 Å². The van der Waals surface area contributed by atoms with Gasteiger partial charge in [-0.1, -0.05) is 77.9 Å². The number of fused-ring (bicyclic) bond motifs is 1. The Bertz CT molecular complexity index is 1810. The van der Waals surface area contributed by atoms with E-state index in [1.54, 1.807) is 11.0 Å². The summed E-state index contributed by atoms with van der Waals surface area (Å²) in [6, 6.07) is 34.0. The first-order valence-electron chi connectivity index (χ1n) is 13.3. The largest absolute Gasteiger partial charge is 0.488 e. The normalized spacial score (nSPS) is 15.3. The zero-order valence-corrected chi connectivity index (χ0v) is 23.5. The number of halogens is 1. The van der Waals surface area contributed by atoms with Crippen LogP contribution in [0, 0.1) is 19.7 Å². The second-order valence-electron chi connectivity index (χ2n) is 9.93. The molecule has 0 unspecified atom stereocenters. The molecule has 1 aliphatic rings. The van der Waals surface area contributed by atoms with Crippen LogP contribution in [0.25, 0.3) is 16.8 Å². The fourth-order valence-electron chi connectivity index (χ4n) is 4.67. The molecule has 1 saturated heterocycles. The highest BCUT2D eigenvalue weighted by Crippen LogP contribution is 2.40. The monoisotopic (exact) mass is 558 g/mol. The number of amidine groups is 1. The van der Waals surface area contributed by atoms with Gasteiger partial charge in [-0.25, -0.2) is 9.38 Å². The molecular weight excluding hydrogens is 531 g/mol. The standard InChI is InChI=1S/C35H27FN2O2S/c1-23-10-15-28(16-11-23)37-35-38(29-17-12-24(2)13-18-29)34(39)33(41-35)21-31-30-9-4-3-7-26(30)14-19-32(31)40-22-25-6-5-8-27(36)20-25/h3-21H,22H2,1-2H3/b33-21-,37-35?. The Balaban J connectivity index is 1.43. The number of aryl methyl sites for hydroxylation is 2. The lowest BCUT2D eigenvalue weighted by Gasteiger charge is -2.16. The van der Waals surface area contributed by atoms with Crippen LogP contribution in [0.5, 0.6) is 5.75 Å². The van der Waals surface area contributed by atoms with Crippen molar-refractivity contribution in [2.45, 2.75) is 20.5 Å². The van der Waals surface area contributed by atoms with Gasteiger partial charge in [0, 0.05) is 5.56 Å². The molecule has 0 N–H and O–H groups in total. The third kappa shape index (κ3) is 5.79. The second-order valence-corrected chi connectivity index (χ2v) is 10.9. The minimum atomic E-state index is -0.309. The average Bonchev–Trinajstić information content (AvgIpc) is 3.28.